The van der Waals surface area contributed by atoms with Crippen molar-refractivity contribution in [2.45, 2.75) is 19.3 Å². The Bertz CT molecular complexity index is 1570. The van der Waals surface area contributed by atoms with Crippen LogP contribution in [0.3, 0.4) is 0 Å². The smallest absolute Gasteiger partial charge is 0.137 e. The van der Waals surface area contributed by atoms with E-state index in [1.54, 1.807) is 0 Å². The van der Waals surface area contributed by atoms with Crippen LogP contribution in [-0.2, 0) is 5.41 Å². The van der Waals surface area contributed by atoms with Crippen LogP contribution in [-0.4, -0.2) is 9.97 Å². The van der Waals surface area contributed by atoms with Crippen LogP contribution in [0.2, 0.25) is 0 Å². The predicted octanol–water partition coefficient (Wildman–Crippen LogP) is 8.17. The highest BCUT2D eigenvalue weighted by Gasteiger charge is 2.25. The molecular formula is C31H25N3O. The molecule has 0 N–H and O–H groups in total. The van der Waals surface area contributed by atoms with Gasteiger partial charge in [0.15, 0.2) is 0 Å². The van der Waals surface area contributed by atoms with Gasteiger partial charge in [0, 0.05) is 40.0 Å². The Labute approximate surface area is 204 Å². The Morgan fingerprint density at radius 3 is 2.03 bits per heavy atom. The van der Waals surface area contributed by atoms with Gasteiger partial charge in [0.1, 0.15) is 17.0 Å². The van der Waals surface area contributed by atoms with Crippen LogP contribution in [0.15, 0.2) is 120 Å². The third-order valence-electron chi connectivity index (χ3n) is 6.63. The Hall–Kier alpha value is -4.44. The highest BCUT2D eigenvalue weighted by Crippen LogP contribution is 2.39. The second kappa shape index (κ2) is 8.41. The van der Waals surface area contributed by atoms with E-state index >= 15 is 0 Å². The molecule has 0 bridgehead atoms. The molecule has 0 unspecified atom stereocenters. The summed E-state index contributed by atoms with van der Waals surface area (Å²) >= 11 is 0. The fraction of sp³-hybridized carbons (Fsp3) is 0.0968. The topological polar surface area (TPSA) is 42.2 Å². The van der Waals surface area contributed by atoms with E-state index in [1.165, 1.54) is 5.56 Å². The average molecular weight is 456 g/mol. The van der Waals surface area contributed by atoms with Crippen molar-refractivity contribution in [1.29, 1.82) is 0 Å². The molecule has 0 atom stereocenters. The number of para-hydroxylation sites is 1. The lowest BCUT2D eigenvalue weighted by Crippen LogP contribution is -2.20. The Morgan fingerprint density at radius 2 is 1.31 bits per heavy atom. The minimum Gasteiger partial charge on any atom is -0.456 e. The van der Waals surface area contributed by atoms with Crippen molar-refractivity contribution < 1.29 is 4.42 Å². The number of benzene rings is 3. The van der Waals surface area contributed by atoms with Crippen molar-refractivity contribution in [3.63, 3.8) is 0 Å². The standard InChI is InChI=1S/C31H25N3O/c1-31(2,29-12-6-8-18-32-29)22-14-16-27-25(20-22)26-21-24(15-17-28(26)35-27)34(23-10-4-3-5-11-23)30-13-7-9-19-33-30/h3-21H,1-2H3. The highest BCUT2D eigenvalue weighted by atomic mass is 16.3. The maximum Gasteiger partial charge on any atom is 0.137 e. The second-order valence-corrected chi connectivity index (χ2v) is 9.19. The molecule has 35 heavy (non-hydrogen) atoms. The van der Waals surface area contributed by atoms with E-state index in [0.717, 1.165) is 44.8 Å². The van der Waals surface area contributed by atoms with Crippen molar-refractivity contribution in [3.05, 3.63) is 127 Å². The van der Waals surface area contributed by atoms with Gasteiger partial charge in [-0.05, 0) is 72.3 Å². The lowest BCUT2D eigenvalue weighted by molar-refractivity contribution is 0.616. The largest absolute Gasteiger partial charge is 0.456 e. The monoisotopic (exact) mass is 455 g/mol. The highest BCUT2D eigenvalue weighted by molar-refractivity contribution is 6.06. The SMILES string of the molecule is CC(C)(c1ccc2oc3ccc(N(c4ccccc4)c4ccccn4)cc3c2c1)c1ccccn1. The molecular weight excluding hydrogens is 430 g/mol. The molecule has 3 heterocycles. The number of fused-ring (bicyclic) bond motifs is 3. The summed E-state index contributed by atoms with van der Waals surface area (Å²) in [6.07, 6.45) is 3.67. The molecule has 3 aromatic heterocycles. The Kier molecular flexibility index (Phi) is 5.07. The van der Waals surface area contributed by atoms with E-state index in [1.807, 2.05) is 67.0 Å². The number of hydrogen-bond donors (Lipinski definition) is 0. The first-order valence-electron chi connectivity index (χ1n) is 11.8. The van der Waals surface area contributed by atoms with Gasteiger partial charge >= 0.3 is 0 Å². The van der Waals surface area contributed by atoms with E-state index in [-0.39, 0.29) is 5.41 Å². The molecule has 0 amide bonds. The van der Waals surface area contributed by atoms with Gasteiger partial charge in [-0.3, -0.25) is 9.88 Å². The molecule has 0 radical (unpaired) electrons. The molecule has 4 nitrogen and oxygen atoms in total. The van der Waals surface area contributed by atoms with Crippen LogP contribution in [0.25, 0.3) is 21.9 Å². The number of nitrogens with zero attached hydrogens (tertiary/aromatic N) is 3. The normalized spacial score (nSPS) is 11.7. The first-order valence-corrected chi connectivity index (χ1v) is 11.8. The van der Waals surface area contributed by atoms with Gasteiger partial charge in [-0.25, -0.2) is 4.98 Å². The summed E-state index contributed by atoms with van der Waals surface area (Å²) in [6.45, 7) is 4.42. The summed E-state index contributed by atoms with van der Waals surface area (Å²) in [6, 6.07) is 35.1. The third kappa shape index (κ3) is 3.73. The van der Waals surface area contributed by atoms with Crippen LogP contribution < -0.4 is 4.90 Å². The zero-order valence-corrected chi connectivity index (χ0v) is 19.7. The molecule has 0 aliphatic carbocycles. The van der Waals surface area contributed by atoms with Gasteiger partial charge in [0.25, 0.3) is 0 Å². The number of hydrogen-bond acceptors (Lipinski definition) is 4. The van der Waals surface area contributed by atoms with Crippen molar-refractivity contribution >= 4 is 39.1 Å². The van der Waals surface area contributed by atoms with E-state index < -0.39 is 0 Å². The van der Waals surface area contributed by atoms with Crippen LogP contribution >= 0.6 is 0 Å². The summed E-state index contributed by atoms with van der Waals surface area (Å²) in [7, 11) is 0. The molecule has 0 spiro atoms. The summed E-state index contributed by atoms with van der Waals surface area (Å²) in [5.74, 6) is 0.864. The van der Waals surface area contributed by atoms with Crippen LogP contribution in [0.1, 0.15) is 25.1 Å². The van der Waals surface area contributed by atoms with Crippen LogP contribution in [0, 0.1) is 0 Å². The zero-order chi connectivity index (χ0) is 23.8. The van der Waals surface area contributed by atoms with Gasteiger partial charge < -0.3 is 4.42 Å². The van der Waals surface area contributed by atoms with Crippen LogP contribution in [0.4, 0.5) is 17.2 Å². The number of aromatic nitrogens is 2. The minimum atomic E-state index is -0.235. The molecule has 170 valence electrons. The van der Waals surface area contributed by atoms with E-state index in [9.17, 15) is 0 Å². The van der Waals surface area contributed by atoms with Crippen molar-refractivity contribution in [3.8, 4) is 0 Å². The maximum absolute atomic E-state index is 6.22. The van der Waals surface area contributed by atoms with E-state index in [0.29, 0.717) is 0 Å². The summed E-state index contributed by atoms with van der Waals surface area (Å²) in [4.78, 5) is 11.4. The van der Waals surface area contributed by atoms with Gasteiger partial charge in [-0.2, -0.15) is 0 Å². The zero-order valence-electron chi connectivity index (χ0n) is 19.7. The molecule has 6 aromatic rings. The van der Waals surface area contributed by atoms with Gasteiger partial charge in [0.05, 0.1) is 5.69 Å². The van der Waals surface area contributed by atoms with Crippen molar-refractivity contribution in [2.24, 2.45) is 0 Å². The number of anilines is 3. The van der Waals surface area contributed by atoms with Gasteiger partial charge in [-0.15, -0.1) is 0 Å². The molecule has 0 aliphatic rings. The summed E-state index contributed by atoms with van der Waals surface area (Å²) in [5, 5.41) is 2.17. The molecule has 6 rings (SSSR count). The van der Waals surface area contributed by atoms with Crippen molar-refractivity contribution in [1.82, 2.24) is 9.97 Å². The third-order valence-corrected chi connectivity index (χ3v) is 6.63. The minimum absolute atomic E-state index is 0.235. The molecule has 0 saturated heterocycles. The second-order valence-electron chi connectivity index (χ2n) is 9.19. The van der Waals surface area contributed by atoms with Gasteiger partial charge in [0.2, 0.25) is 0 Å². The van der Waals surface area contributed by atoms with E-state index in [2.05, 4.69) is 77.2 Å². The summed E-state index contributed by atoms with van der Waals surface area (Å²) < 4.78 is 6.22. The van der Waals surface area contributed by atoms with Crippen molar-refractivity contribution in [2.75, 3.05) is 4.90 Å². The molecule has 4 heteroatoms. The quantitative estimate of drug-likeness (QED) is 0.263. The maximum atomic E-state index is 6.22. The van der Waals surface area contributed by atoms with Crippen LogP contribution in [0.5, 0.6) is 0 Å². The molecule has 3 aromatic carbocycles. The first kappa shape index (κ1) is 21.1. The van der Waals surface area contributed by atoms with E-state index in [4.69, 9.17) is 4.42 Å². The lowest BCUT2D eigenvalue weighted by Gasteiger charge is -2.25. The van der Waals surface area contributed by atoms with Gasteiger partial charge in [-0.1, -0.05) is 50.2 Å². The summed E-state index contributed by atoms with van der Waals surface area (Å²) in [5.41, 5.74) is 5.82. The lowest BCUT2D eigenvalue weighted by atomic mass is 9.80. The number of pyridine rings is 2. The number of rotatable bonds is 5. The fourth-order valence-corrected chi connectivity index (χ4v) is 4.65. The average Bonchev–Trinajstić information content (AvgIpc) is 3.28. The first-order chi connectivity index (χ1) is 17.1. The molecule has 0 aliphatic heterocycles. The molecule has 0 fully saturated rings. The number of furan rings is 1. The fourth-order valence-electron chi connectivity index (χ4n) is 4.65. The Morgan fingerprint density at radius 1 is 0.629 bits per heavy atom. The predicted molar refractivity (Wildman–Crippen MR) is 143 cm³/mol. The molecule has 0 saturated carbocycles. The Balaban J connectivity index is 1.52.